The van der Waals surface area contributed by atoms with Gasteiger partial charge in [0.05, 0.1) is 0 Å². The standard InChI is InChI=1S/C7H12BrN3O2S/c1-4-9-14(12,13)7-6(8)11(3)5(2)10-7/h9H,4H2,1-3H3. The van der Waals surface area contributed by atoms with Crippen LogP contribution < -0.4 is 4.72 Å². The van der Waals surface area contributed by atoms with Crippen LogP contribution in [0, 0.1) is 6.92 Å². The van der Waals surface area contributed by atoms with E-state index in [1.54, 1.807) is 25.5 Å². The number of halogens is 1. The zero-order valence-electron chi connectivity index (χ0n) is 8.20. The highest BCUT2D eigenvalue weighted by atomic mass is 79.9. The molecule has 0 aliphatic heterocycles. The van der Waals surface area contributed by atoms with Gasteiger partial charge in [0.2, 0.25) is 5.03 Å². The number of aryl methyl sites for hydroxylation is 1. The van der Waals surface area contributed by atoms with Crippen LogP contribution >= 0.6 is 15.9 Å². The van der Waals surface area contributed by atoms with Gasteiger partial charge in [0.25, 0.3) is 10.0 Å². The minimum Gasteiger partial charge on any atom is -0.325 e. The van der Waals surface area contributed by atoms with E-state index in [1.165, 1.54) is 0 Å². The van der Waals surface area contributed by atoms with Gasteiger partial charge in [-0.15, -0.1) is 0 Å². The van der Waals surface area contributed by atoms with Crippen molar-refractivity contribution in [2.75, 3.05) is 6.54 Å². The average Bonchev–Trinajstić information content (AvgIpc) is 2.33. The van der Waals surface area contributed by atoms with Crippen molar-refractivity contribution in [3.63, 3.8) is 0 Å². The third-order valence-electron chi connectivity index (χ3n) is 1.81. The lowest BCUT2D eigenvalue weighted by Gasteiger charge is -2.01. The average molecular weight is 282 g/mol. The highest BCUT2D eigenvalue weighted by molar-refractivity contribution is 9.10. The number of sulfonamides is 1. The SMILES string of the molecule is CCNS(=O)(=O)c1nc(C)n(C)c1Br. The first-order valence-corrected chi connectivity index (χ1v) is 6.36. The maximum absolute atomic E-state index is 11.6. The van der Waals surface area contributed by atoms with Crippen LogP contribution in [0.4, 0.5) is 0 Å². The molecular weight excluding hydrogens is 270 g/mol. The summed E-state index contributed by atoms with van der Waals surface area (Å²) in [4.78, 5) is 3.97. The minimum atomic E-state index is -3.47. The topological polar surface area (TPSA) is 64.0 Å². The van der Waals surface area contributed by atoms with Crippen LogP contribution in [0.5, 0.6) is 0 Å². The number of aromatic nitrogens is 2. The lowest BCUT2D eigenvalue weighted by Crippen LogP contribution is -2.23. The number of imidazole rings is 1. The second-order valence-corrected chi connectivity index (χ2v) is 5.25. The number of nitrogens with zero attached hydrogens (tertiary/aromatic N) is 2. The zero-order valence-corrected chi connectivity index (χ0v) is 10.6. The molecule has 5 nitrogen and oxygen atoms in total. The first-order chi connectivity index (χ1) is 6.40. The molecule has 0 saturated heterocycles. The minimum absolute atomic E-state index is 0.0411. The Morgan fingerprint density at radius 3 is 2.50 bits per heavy atom. The highest BCUT2D eigenvalue weighted by Crippen LogP contribution is 2.21. The third-order valence-corrected chi connectivity index (χ3v) is 4.44. The molecule has 0 fully saturated rings. The molecule has 0 aliphatic carbocycles. The van der Waals surface area contributed by atoms with Crippen molar-refractivity contribution < 1.29 is 8.42 Å². The van der Waals surface area contributed by atoms with E-state index in [0.717, 1.165) is 0 Å². The van der Waals surface area contributed by atoms with Crippen LogP contribution in [0.1, 0.15) is 12.7 Å². The maximum Gasteiger partial charge on any atom is 0.260 e. The van der Waals surface area contributed by atoms with E-state index in [9.17, 15) is 8.42 Å². The molecule has 7 heteroatoms. The van der Waals surface area contributed by atoms with Gasteiger partial charge in [-0.1, -0.05) is 6.92 Å². The molecule has 0 saturated carbocycles. The number of hydrogen-bond acceptors (Lipinski definition) is 3. The predicted molar refractivity (Wildman–Crippen MR) is 56.5 cm³/mol. The molecular formula is C7H12BrN3O2S. The molecule has 0 unspecified atom stereocenters. The van der Waals surface area contributed by atoms with Gasteiger partial charge >= 0.3 is 0 Å². The molecule has 0 radical (unpaired) electrons. The molecule has 1 rings (SSSR count). The summed E-state index contributed by atoms with van der Waals surface area (Å²) in [7, 11) is -1.72. The van der Waals surface area contributed by atoms with E-state index in [4.69, 9.17) is 0 Å². The fourth-order valence-corrected chi connectivity index (χ4v) is 3.10. The van der Waals surface area contributed by atoms with Gasteiger partial charge in [0.15, 0.2) is 0 Å². The van der Waals surface area contributed by atoms with Crippen molar-refractivity contribution in [2.24, 2.45) is 7.05 Å². The summed E-state index contributed by atoms with van der Waals surface area (Å²) in [6.07, 6.45) is 0. The summed E-state index contributed by atoms with van der Waals surface area (Å²) >= 11 is 3.19. The fourth-order valence-electron chi connectivity index (χ4n) is 0.983. The lowest BCUT2D eigenvalue weighted by molar-refractivity contribution is 0.579. The Morgan fingerprint density at radius 1 is 1.57 bits per heavy atom. The normalized spacial score (nSPS) is 12.0. The Morgan fingerprint density at radius 2 is 2.14 bits per heavy atom. The van der Waals surface area contributed by atoms with Gasteiger partial charge in [0, 0.05) is 13.6 Å². The van der Waals surface area contributed by atoms with Crippen LogP contribution in [0.3, 0.4) is 0 Å². The Balaban J connectivity index is 3.27. The maximum atomic E-state index is 11.6. The van der Waals surface area contributed by atoms with Crippen LogP contribution in [0.15, 0.2) is 9.63 Å². The first-order valence-electron chi connectivity index (χ1n) is 4.08. The molecule has 0 atom stereocenters. The highest BCUT2D eigenvalue weighted by Gasteiger charge is 2.22. The van der Waals surface area contributed by atoms with Gasteiger partial charge in [-0.05, 0) is 22.9 Å². The van der Waals surface area contributed by atoms with E-state index in [2.05, 4.69) is 25.6 Å². The summed E-state index contributed by atoms with van der Waals surface area (Å²) in [6.45, 7) is 3.82. The number of rotatable bonds is 3. The van der Waals surface area contributed by atoms with E-state index < -0.39 is 10.0 Å². The Hall–Kier alpha value is -0.400. The van der Waals surface area contributed by atoms with Crippen molar-refractivity contribution in [2.45, 2.75) is 18.9 Å². The van der Waals surface area contributed by atoms with Crippen molar-refractivity contribution in [3.8, 4) is 0 Å². The van der Waals surface area contributed by atoms with Gasteiger partial charge in [-0.2, -0.15) is 0 Å². The van der Waals surface area contributed by atoms with Gasteiger partial charge in [-0.3, -0.25) is 0 Å². The van der Waals surface area contributed by atoms with Gasteiger partial charge in [-0.25, -0.2) is 18.1 Å². The molecule has 80 valence electrons. The van der Waals surface area contributed by atoms with Crippen molar-refractivity contribution in [3.05, 3.63) is 10.4 Å². The molecule has 14 heavy (non-hydrogen) atoms. The summed E-state index contributed by atoms with van der Waals surface area (Å²) in [5, 5.41) is 0.0411. The molecule has 0 aromatic carbocycles. The second-order valence-electron chi connectivity index (χ2n) is 2.82. The van der Waals surface area contributed by atoms with Gasteiger partial charge in [0.1, 0.15) is 10.4 Å². The second kappa shape index (κ2) is 4.00. The van der Waals surface area contributed by atoms with Crippen molar-refractivity contribution in [1.82, 2.24) is 14.3 Å². The number of hydrogen-bond donors (Lipinski definition) is 1. The quantitative estimate of drug-likeness (QED) is 0.891. The fraction of sp³-hybridized carbons (Fsp3) is 0.571. The summed E-state index contributed by atoms with van der Waals surface area (Å²) in [5.74, 6) is 0.647. The van der Waals surface area contributed by atoms with Crippen LogP contribution in [-0.2, 0) is 17.1 Å². The summed E-state index contributed by atoms with van der Waals surface area (Å²) in [5.41, 5.74) is 0. The summed E-state index contributed by atoms with van der Waals surface area (Å²) in [6, 6.07) is 0. The molecule has 1 aromatic rings. The zero-order chi connectivity index (χ0) is 10.9. The first kappa shape index (κ1) is 11.7. The predicted octanol–water partition coefficient (Wildman–Crippen LogP) is 0.789. The van der Waals surface area contributed by atoms with E-state index in [-0.39, 0.29) is 5.03 Å². The number of nitrogens with one attached hydrogen (secondary N) is 1. The Bertz CT molecular complexity index is 438. The van der Waals surface area contributed by atoms with Crippen molar-refractivity contribution in [1.29, 1.82) is 0 Å². The van der Waals surface area contributed by atoms with E-state index in [1.807, 2.05) is 0 Å². The molecule has 0 amide bonds. The monoisotopic (exact) mass is 281 g/mol. The van der Waals surface area contributed by atoms with Crippen molar-refractivity contribution >= 4 is 26.0 Å². The van der Waals surface area contributed by atoms with Crippen LogP contribution in [0.2, 0.25) is 0 Å². The largest absolute Gasteiger partial charge is 0.325 e. The molecule has 1 N–H and O–H groups in total. The molecule has 0 spiro atoms. The van der Waals surface area contributed by atoms with E-state index in [0.29, 0.717) is 17.0 Å². The molecule has 1 aromatic heterocycles. The smallest absolute Gasteiger partial charge is 0.260 e. The van der Waals surface area contributed by atoms with E-state index >= 15 is 0 Å². The molecule has 1 heterocycles. The Kier molecular flexibility index (Phi) is 3.33. The molecule has 0 bridgehead atoms. The lowest BCUT2D eigenvalue weighted by atomic mass is 10.7. The van der Waals surface area contributed by atoms with Crippen LogP contribution in [-0.4, -0.2) is 24.5 Å². The van der Waals surface area contributed by atoms with Gasteiger partial charge < -0.3 is 4.57 Å². The Labute approximate surface area is 91.7 Å². The van der Waals surface area contributed by atoms with Crippen LogP contribution in [0.25, 0.3) is 0 Å². The molecule has 0 aliphatic rings. The summed E-state index contributed by atoms with van der Waals surface area (Å²) < 4.78 is 27.7. The third kappa shape index (κ3) is 1.99.